The van der Waals surface area contributed by atoms with E-state index in [1.165, 1.54) is 46.7 Å². The molecule has 2 aromatic carbocycles. The number of phenols is 1. The Balaban J connectivity index is 1.67. The molecule has 37 heavy (non-hydrogen) atoms. The van der Waals surface area contributed by atoms with Gasteiger partial charge in [-0.25, -0.2) is 19.0 Å². The number of nitrogens with one attached hydrogen (secondary N) is 1. The minimum atomic E-state index is -1.30. The van der Waals surface area contributed by atoms with E-state index in [2.05, 4.69) is 10.3 Å². The van der Waals surface area contributed by atoms with Crippen molar-refractivity contribution in [1.29, 1.82) is 0 Å². The van der Waals surface area contributed by atoms with Crippen LogP contribution in [0.5, 0.6) is 17.2 Å². The summed E-state index contributed by atoms with van der Waals surface area (Å²) in [5, 5.41) is 25.2. The molecule has 2 heterocycles. The summed E-state index contributed by atoms with van der Waals surface area (Å²) in [5.41, 5.74) is -0.451. The maximum Gasteiger partial charge on any atom is 0.408 e. The molecule has 0 bridgehead atoms. The maximum absolute atomic E-state index is 14.5. The van der Waals surface area contributed by atoms with E-state index in [-0.39, 0.29) is 42.4 Å². The van der Waals surface area contributed by atoms with Crippen LogP contribution in [0.1, 0.15) is 41.8 Å². The molecule has 3 N–H and O–H groups in total. The van der Waals surface area contributed by atoms with Gasteiger partial charge >= 0.3 is 12.1 Å². The summed E-state index contributed by atoms with van der Waals surface area (Å²) >= 11 is 1.23. The van der Waals surface area contributed by atoms with Crippen LogP contribution in [0.4, 0.5) is 14.3 Å². The zero-order chi connectivity index (χ0) is 26.7. The predicted octanol–water partition coefficient (Wildman–Crippen LogP) is 4.74. The molecular weight excluding hydrogens is 505 g/mol. The molecule has 1 aromatic heterocycles. The van der Waals surface area contributed by atoms with Gasteiger partial charge in [0.25, 0.3) is 0 Å². The van der Waals surface area contributed by atoms with E-state index in [4.69, 9.17) is 9.47 Å². The van der Waals surface area contributed by atoms with E-state index < -0.39 is 29.3 Å². The van der Waals surface area contributed by atoms with Crippen molar-refractivity contribution < 1.29 is 38.5 Å². The topological polar surface area (TPSA) is 138 Å². The molecule has 10 nitrogen and oxygen atoms in total. The van der Waals surface area contributed by atoms with Crippen LogP contribution in [0, 0.1) is 5.82 Å². The SMILES string of the molecule is CCOC(=O)c1ccc(Oc2cc3c(cc2O)CCN(C(=O)O)[C@]3(C)CC(=O)Nc2nccs2)cc1F. The van der Waals surface area contributed by atoms with Crippen LogP contribution in [0.25, 0.3) is 0 Å². The number of hydrogen-bond donors (Lipinski definition) is 3. The lowest BCUT2D eigenvalue weighted by Crippen LogP contribution is -2.52. The Morgan fingerprint density at radius 2 is 2.05 bits per heavy atom. The lowest BCUT2D eigenvalue weighted by Gasteiger charge is -2.44. The number of amides is 2. The van der Waals surface area contributed by atoms with Crippen LogP contribution in [-0.4, -0.2) is 51.2 Å². The molecule has 12 heteroatoms. The smallest absolute Gasteiger partial charge is 0.408 e. The first kappa shape index (κ1) is 25.9. The molecule has 0 spiro atoms. The summed E-state index contributed by atoms with van der Waals surface area (Å²) in [4.78, 5) is 42.0. The molecule has 1 aliphatic rings. The Bertz CT molecular complexity index is 1350. The lowest BCUT2D eigenvalue weighted by atomic mass is 9.79. The minimum Gasteiger partial charge on any atom is -0.504 e. The van der Waals surface area contributed by atoms with Gasteiger partial charge in [-0.3, -0.25) is 9.69 Å². The van der Waals surface area contributed by atoms with Gasteiger partial charge in [0, 0.05) is 24.2 Å². The molecular formula is C25H24FN3O7S. The third kappa shape index (κ3) is 5.33. The Labute approximate surface area is 215 Å². The van der Waals surface area contributed by atoms with Crippen LogP contribution in [0.2, 0.25) is 0 Å². The van der Waals surface area contributed by atoms with Crippen molar-refractivity contribution in [2.24, 2.45) is 0 Å². The molecule has 194 valence electrons. The van der Waals surface area contributed by atoms with Gasteiger partial charge in [0.2, 0.25) is 5.91 Å². The van der Waals surface area contributed by atoms with Crippen molar-refractivity contribution in [3.8, 4) is 17.2 Å². The fraction of sp³-hybridized carbons (Fsp3) is 0.280. The standard InChI is InChI=1S/C25H24FN3O7S/c1-3-35-22(32)16-5-4-15(11-18(16)26)36-20-12-17-14(10-19(20)30)6-8-29(24(33)34)25(17,2)13-21(31)28-23-27-7-9-37-23/h4-5,7,9-12,30H,3,6,8,13H2,1-2H3,(H,33,34)(H,27,28,31)/t25-/m1/s1. The number of nitrogens with zero attached hydrogens (tertiary/aromatic N) is 2. The summed E-state index contributed by atoms with van der Waals surface area (Å²) in [6, 6.07) is 6.43. The molecule has 1 aliphatic heterocycles. The van der Waals surface area contributed by atoms with E-state index in [0.29, 0.717) is 22.7 Å². The number of anilines is 1. The average Bonchev–Trinajstić information content (AvgIpc) is 3.33. The zero-order valence-electron chi connectivity index (χ0n) is 20.0. The van der Waals surface area contributed by atoms with Gasteiger partial charge in [-0.15, -0.1) is 11.3 Å². The number of benzene rings is 2. The first-order valence-electron chi connectivity index (χ1n) is 11.3. The number of aromatic hydroxyl groups is 1. The summed E-state index contributed by atoms with van der Waals surface area (Å²) in [6.07, 6.45) is 0.416. The maximum atomic E-state index is 14.5. The number of rotatable bonds is 7. The Morgan fingerprint density at radius 3 is 2.70 bits per heavy atom. The van der Waals surface area contributed by atoms with E-state index >= 15 is 0 Å². The van der Waals surface area contributed by atoms with Crippen molar-refractivity contribution >= 4 is 34.4 Å². The van der Waals surface area contributed by atoms with E-state index in [1.807, 2.05) is 0 Å². The largest absolute Gasteiger partial charge is 0.504 e. The average molecular weight is 530 g/mol. The molecule has 3 aromatic rings. The van der Waals surface area contributed by atoms with Crippen LogP contribution in [-0.2, 0) is 21.5 Å². The highest BCUT2D eigenvalue weighted by Gasteiger charge is 2.44. The van der Waals surface area contributed by atoms with Gasteiger partial charge in [0.15, 0.2) is 16.6 Å². The van der Waals surface area contributed by atoms with E-state index in [0.717, 1.165) is 6.07 Å². The normalized spacial score (nSPS) is 16.6. The Morgan fingerprint density at radius 1 is 1.27 bits per heavy atom. The molecule has 4 rings (SSSR count). The third-order valence-electron chi connectivity index (χ3n) is 6.04. The molecule has 0 radical (unpaired) electrons. The molecule has 0 saturated carbocycles. The zero-order valence-corrected chi connectivity index (χ0v) is 20.8. The van der Waals surface area contributed by atoms with Gasteiger partial charge < -0.3 is 25.0 Å². The summed E-state index contributed by atoms with van der Waals surface area (Å²) in [7, 11) is 0. The van der Waals surface area contributed by atoms with Gasteiger partial charge in [0.05, 0.1) is 24.1 Å². The number of carboxylic acid groups (broad SMARTS) is 1. The van der Waals surface area contributed by atoms with E-state index in [9.17, 15) is 29.0 Å². The first-order valence-corrected chi connectivity index (χ1v) is 12.2. The number of phenolic OH excluding ortho intramolecular Hbond substituents is 1. The van der Waals surface area contributed by atoms with Gasteiger partial charge in [-0.05, 0) is 55.7 Å². The van der Waals surface area contributed by atoms with Crippen molar-refractivity contribution in [2.45, 2.75) is 32.2 Å². The minimum absolute atomic E-state index is 0.00471. The number of esters is 1. The highest BCUT2D eigenvalue weighted by Crippen LogP contribution is 2.44. The number of thiazole rings is 1. The molecule has 0 aliphatic carbocycles. The highest BCUT2D eigenvalue weighted by atomic mass is 32.1. The summed E-state index contributed by atoms with van der Waals surface area (Å²) < 4.78 is 25.0. The Hall–Kier alpha value is -4.19. The molecule has 0 fully saturated rings. The molecule has 1 atom stereocenters. The molecule has 2 amide bonds. The number of carbonyl (C=O) groups is 3. The number of fused-ring (bicyclic) bond motifs is 1. The number of aromatic nitrogens is 1. The van der Waals surface area contributed by atoms with Crippen LogP contribution in [0.3, 0.4) is 0 Å². The molecule has 0 unspecified atom stereocenters. The lowest BCUT2D eigenvalue weighted by molar-refractivity contribution is -0.118. The highest BCUT2D eigenvalue weighted by molar-refractivity contribution is 7.13. The van der Waals surface area contributed by atoms with Gasteiger partial charge in [0.1, 0.15) is 11.6 Å². The fourth-order valence-corrected chi connectivity index (χ4v) is 4.89. The first-order chi connectivity index (χ1) is 17.6. The second-order valence-electron chi connectivity index (χ2n) is 8.46. The second kappa shape index (κ2) is 10.4. The quantitative estimate of drug-likeness (QED) is 0.373. The predicted molar refractivity (Wildman–Crippen MR) is 132 cm³/mol. The molecule has 0 saturated heterocycles. The van der Waals surface area contributed by atoms with Crippen molar-refractivity contribution in [3.05, 3.63) is 64.4 Å². The monoisotopic (exact) mass is 529 g/mol. The van der Waals surface area contributed by atoms with E-state index in [1.54, 1.807) is 19.2 Å². The number of ether oxygens (including phenoxy) is 2. The summed E-state index contributed by atoms with van der Waals surface area (Å²) in [6.45, 7) is 3.43. The summed E-state index contributed by atoms with van der Waals surface area (Å²) in [5.74, 6) is -2.44. The third-order valence-corrected chi connectivity index (χ3v) is 6.73. The van der Waals surface area contributed by atoms with Crippen molar-refractivity contribution in [3.63, 3.8) is 0 Å². The van der Waals surface area contributed by atoms with Crippen LogP contribution < -0.4 is 10.1 Å². The van der Waals surface area contributed by atoms with Crippen molar-refractivity contribution in [1.82, 2.24) is 9.88 Å². The van der Waals surface area contributed by atoms with Gasteiger partial charge in [-0.1, -0.05) is 0 Å². The van der Waals surface area contributed by atoms with Gasteiger partial charge in [-0.2, -0.15) is 0 Å². The van der Waals surface area contributed by atoms with Crippen molar-refractivity contribution in [2.75, 3.05) is 18.5 Å². The fourth-order valence-electron chi connectivity index (χ4n) is 4.35. The van der Waals surface area contributed by atoms with Crippen LogP contribution >= 0.6 is 11.3 Å². The number of carbonyl (C=O) groups excluding carboxylic acids is 2. The number of hydrogen-bond acceptors (Lipinski definition) is 8. The second-order valence-corrected chi connectivity index (χ2v) is 9.36. The Kier molecular flexibility index (Phi) is 7.30. The number of halogens is 1. The van der Waals surface area contributed by atoms with Crippen LogP contribution in [0.15, 0.2) is 41.9 Å².